The van der Waals surface area contributed by atoms with Crippen LogP contribution < -0.4 is 23.8 Å². The maximum atomic E-state index is 13.4. The van der Waals surface area contributed by atoms with Crippen LogP contribution in [0.25, 0.3) is 5.76 Å². The van der Waals surface area contributed by atoms with E-state index in [1.165, 1.54) is 18.2 Å². The van der Waals surface area contributed by atoms with Gasteiger partial charge >= 0.3 is 5.91 Å². The van der Waals surface area contributed by atoms with E-state index >= 15 is 0 Å². The van der Waals surface area contributed by atoms with Gasteiger partial charge in [-0.2, -0.15) is 0 Å². The van der Waals surface area contributed by atoms with Crippen molar-refractivity contribution in [3.8, 4) is 23.0 Å². The Kier molecular flexibility index (Phi) is 7.17. The molecule has 0 bridgehead atoms. The van der Waals surface area contributed by atoms with Crippen LogP contribution in [0.15, 0.2) is 66.4 Å². The van der Waals surface area contributed by atoms with Crippen molar-refractivity contribution < 1.29 is 33.6 Å². The number of fused-ring (bicyclic) bond motifs is 1. The molecule has 9 heteroatoms. The molecule has 1 aromatic heterocycles. The number of amides is 1. The Labute approximate surface area is 220 Å². The third kappa shape index (κ3) is 4.63. The number of methoxy groups -OCH3 is 1. The zero-order valence-corrected chi connectivity index (χ0v) is 21.2. The van der Waals surface area contributed by atoms with Gasteiger partial charge < -0.3 is 24.1 Å². The molecule has 1 atom stereocenters. The number of nitrogens with zero attached hydrogens (tertiary/aromatic N) is 2. The summed E-state index contributed by atoms with van der Waals surface area (Å²) in [6.07, 6.45) is 3.41. The molecule has 2 aromatic carbocycles. The van der Waals surface area contributed by atoms with Crippen molar-refractivity contribution in [3.63, 3.8) is 0 Å². The third-order valence-corrected chi connectivity index (χ3v) is 6.42. The van der Waals surface area contributed by atoms with E-state index in [0.29, 0.717) is 53.9 Å². The number of aliphatic hydroxyl groups excluding tert-OH is 1. The number of carbonyl (C=O) groups is 2. The van der Waals surface area contributed by atoms with Crippen molar-refractivity contribution in [2.45, 2.75) is 25.8 Å². The number of rotatable bonds is 8. The number of aliphatic hydroxyl groups is 1. The summed E-state index contributed by atoms with van der Waals surface area (Å²) in [4.78, 5) is 32.4. The molecule has 5 rings (SSSR count). The van der Waals surface area contributed by atoms with Crippen molar-refractivity contribution in [1.29, 1.82) is 0 Å². The van der Waals surface area contributed by atoms with E-state index in [9.17, 15) is 14.7 Å². The number of aromatic nitrogens is 1. The predicted octanol–water partition coefficient (Wildman–Crippen LogP) is 4.67. The number of anilines is 1. The number of ether oxygens (including phenoxy) is 4. The van der Waals surface area contributed by atoms with Gasteiger partial charge in [-0.15, -0.1) is 0 Å². The first-order valence-corrected chi connectivity index (χ1v) is 12.5. The summed E-state index contributed by atoms with van der Waals surface area (Å²) < 4.78 is 22.7. The molecule has 1 N–H and O–H groups in total. The predicted molar refractivity (Wildman–Crippen MR) is 140 cm³/mol. The van der Waals surface area contributed by atoms with Crippen LogP contribution in [0, 0.1) is 0 Å². The Morgan fingerprint density at radius 1 is 1.05 bits per heavy atom. The number of ketones is 1. The first-order chi connectivity index (χ1) is 18.5. The summed E-state index contributed by atoms with van der Waals surface area (Å²) in [7, 11) is 1.52. The molecule has 0 aliphatic carbocycles. The maximum Gasteiger partial charge on any atom is 0.301 e. The summed E-state index contributed by atoms with van der Waals surface area (Å²) in [5.41, 5.74) is 0.803. The largest absolute Gasteiger partial charge is 0.507 e. The van der Waals surface area contributed by atoms with E-state index in [-0.39, 0.29) is 17.2 Å². The summed E-state index contributed by atoms with van der Waals surface area (Å²) >= 11 is 0. The molecule has 1 fully saturated rings. The standard InChI is InChI=1S/C29H28N2O7/c1-3-4-13-36-20-10-8-18(16-22(20)35-2)26-25(28(33)29(34)31(26)24-7-5-6-12-30-24)27(32)19-9-11-21-23(17-19)38-15-14-37-21/h5-12,16-17,26,32H,3-4,13-15H2,1-2H3/b27-25+. The molecule has 196 valence electrons. The monoisotopic (exact) mass is 516 g/mol. The van der Waals surface area contributed by atoms with Gasteiger partial charge in [0.15, 0.2) is 23.0 Å². The average Bonchev–Trinajstić information content (AvgIpc) is 3.23. The lowest BCUT2D eigenvalue weighted by Gasteiger charge is -2.25. The summed E-state index contributed by atoms with van der Waals surface area (Å²) in [6, 6.07) is 14.2. The summed E-state index contributed by atoms with van der Waals surface area (Å²) in [5, 5.41) is 11.4. The van der Waals surface area contributed by atoms with Gasteiger partial charge in [-0.05, 0) is 54.4 Å². The average molecular weight is 517 g/mol. The molecule has 1 saturated heterocycles. The number of pyridine rings is 1. The molecule has 1 unspecified atom stereocenters. The van der Waals surface area contributed by atoms with Crippen molar-refractivity contribution in [3.05, 3.63) is 77.5 Å². The molecule has 2 aliphatic rings. The second-order valence-electron chi connectivity index (χ2n) is 8.83. The summed E-state index contributed by atoms with van der Waals surface area (Å²) in [6.45, 7) is 3.40. The minimum atomic E-state index is -0.961. The molecule has 1 amide bonds. The van der Waals surface area contributed by atoms with Gasteiger partial charge in [-0.3, -0.25) is 14.5 Å². The highest BCUT2D eigenvalue weighted by molar-refractivity contribution is 6.51. The highest BCUT2D eigenvalue weighted by Crippen LogP contribution is 2.44. The topological polar surface area (TPSA) is 107 Å². The first-order valence-electron chi connectivity index (χ1n) is 12.5. The zero-order chi connectivity index (χ0) is 26.6. The van der Waals surface area contributed by atoms with Gasteiger partial charge in [0.25, 0.3) is 5.78 Å². The number of hydrogen-bond donors (Lipinski definition) is 1. The van der Waals surface area contributed by atoms with E-state index in [1.807, 2.05) is 0 Å². The maximum absolute atomic E-state index is 13.4. The Balaban J connectivity index is 1.64. The van der Waals surface area contributed by atoms with Crippen molar-refractivity contribution in [1.82, 2.24) is 4.98 Å². The minimum Gasteiger partial charge on any atom is -0.507 e. The van der Waals surface area contributed by atoms with Crippen LogP contribution in [0.5, 0.6) is 23.0 Å². The molecule has 0 saturated carbocycles. The van der Waals surface area contributed by atoms with Gasteiger partial charge in [0, 0.05) is 11.8 Å². The van der Waals surface area contributed by atoms with E-state index in [4.69, 9.17) is 18.9 Å². The van der Waals surface area contributed by atoms with Crippen LogP contribution in [0.2, 0.25) is 0 Å². The van der Waals surface area contributed by atoms with Crippen LogP contribution in [-0.2, 0) is 9.59 Å². The highest BCUT2D eigenvalue weighted by atomic mass is 16.6. The Bertz CT molecular complexity index is 1390. The van der Waals surface area contributed by atoms with Gasteiger partial charge in [0.05, 0.1) is 25.3 Å². The molecule has 0 spiro atoms. The number of carbonyl (C=O) groups excluding carboxylic acids is 2. The normalized spacial score (nSPS) is 17.9. The molecular weight excluding hydrogens is 488 g/mol. The number of benzene rings is 2. The molecule has 38 heavy (non-hydrogen) atoms. The fraction of sp³-hybridized carbons (Fsp3) is 0.276. The van der Waals surface area contributed by atoms with Crippen molar-refractivity contribution in [2.75, 3.05) is 31.8 Å². The first kappa shape index (κ1) is 25.1. The Morgan fingerprint density at radius 2 is 1.87 bits per heavy atom. The molecular formula is C29H28N2O7. The van der Waals surface area contributed by atoms with Crippen LogP contribution in [0.4, 0.5) is 5.82 Å². The van der Waals surface area contributed by atoms with Crippen LogP contribution >= 0.6 is 0 Å². The number of Topliss-reactive ketones (excluding diaryl/α,β-unsaturated/α-hetero) is 1. The van der Waals surface area contributed by atoms with Gasteiger partial charge in [-0.1, -0.05) is 25.5 Å². The van der Waals surface area contributed by atoms with Crippen LogP contribution in [-0.4, -0.2) is 48.7 Å². The second kappa shape index (κ2) is 10.8. The number of hydrogen-bond acceptors (Lipinski definition) is 8. The highest BCUT2D eigenvalue weighted by Gasteiger charge is 2.47. The van der Waals surface area contributed by atoms with E-state index in [2.05, 4.69) is 11.9 Å². The minimum absolute atomic E-state index is 0.0703. The van der Waals surface area contributed by atoms with Crippen LogP contribution in [0.3, 0.4) is 0 Å². The fourth-order valence-electron chi connectivity index (χ4n) is 4.53. The molecule has 2 aliphatic heterocycles. The molecule has 3 aromatic rings. The van der Waals surface area contributed by atoms with Crippen molar-refractivity contribution >= 4 is 23.3 Å². The fourth-order valence-corrected chi connectivity index (χ4v) is 4.53. The molecule has 0 radical (unpaired) electrons. The third-order valence-electron chi connectivity index (χ3n) is 6.42. The smallest absolute Gasteiger partial charge is 0.301 e. The molecule has 3 heterocycles. The Morgan fingerprint density at radius 3 is 2.61 bits per heavy atom. The number of unbranched alkanes of at least 4 members (excludes halogenated alkanes) is 1. The van der Waals surface area contributed by atoms with Gasteiger partial charge in [0.1, 0.15) is 24.8 Å². The summed E-state index contributed by atoms with van der Waals surface area (Å²) in [5.74, 6) is 0.322. The lowest BCUT2D eigenvalue weighted by Crippen LogP contribution is -2.30. The van der Waals surface area contributed by atoms with E-state index in [1.54, 1.807) is 54.6 Å². The van der Waals surface area contributed by atoms with E-state index in [0.717, 1.165) is 12.8 Å². The quantitative estimate of drug-likeness (QED) is 0.199. The SMILES string of the molecule is CCCCOc1ccc(C2/C(=C(\O)c3ccc4c(c3)OCCO4)C(=O)C(=O)N2c2ccccn2)cc1OC. The second-order valence-corrected chi connectivity index (χ2v) is 8.83. The Hall–Kier alpha value is -4.53. The lowest BCUT2D eigenvalue weighted by molar-refractivity contribution is -0.132. The zero-order valence-electron chi connectivity index (χ0n) is 21.2. The van der Waals surface area contributed by atoms with Gasteiger partial charge in [0.2, 0.25) is 0 Å². The van der Waals surface area contributed by atoms with Crippen molar-refractivity contribution in [2.24, 2.45) is 0 Å². The van der Waals surface area contributed by atoms with Crippen LogP contribution in [0.1, 0.15) is 36.9 Å². The van der Waals surface area contributed by atoms with Gasteiger partial charge in [-0.25, -0.2) is 4.98 Å². The van der Waals surface area contributed by atoms with E-state index < -0.39 is 17.7 Å². The lowest BCUT2D eigenvalue weighted by atomic mass is 9.94. The molecule has 9 nitrogen and oxygen atoms in total.